The second-order valence-corrected chi connectivity index (χ2v) is 5.43. The topological polar surface area (TPSA) is 79.2 Å². The van der Waals surface area contributed by atoms with Gasteiger partial charge in [-0.1, -0.05) is 0 Å². The largest absolute Gasteiger partial charge is 0.467 e. The Labute approximate surface area is 149 Å². The van der Waals surface area contributed by atoms with E-state index in [0.717, 1.165) is 7.11 Å². The molecule has 0 fully saturated rings. The van der Waals surface area contributed by atoms with Gasteiger partial charge in [-0.05, 0) is 30.2 Å². The molecule has 1 N–H and O–H groups in total. The van der Waals surface area contributed by atoms with Crippen LogP contribution in [0.15, 0.2) is 18.2 Å². The maximum absolute atomic E-state index is 12.8. The molecule has 148 valence electrons. The van der Waals surface area contributed by atoms with Gasteiger partial charge in [-0.25, -0.2) is 4.79 Å². The molecule has 1 atom stereocenters. The Hall–Kier alpha value is -2.77. The lowest BCUT2D eigenvalue weighted by atomic mass is 10.0. The summed E-state index contributed by atoms with van der Waals surface area (Å²) in [6, 6.07) is 1.30. The first-order valence-corrected chi connectivity index (χ1v) is 7.41. The van der Waals surface area contributed by atoms with Gasteiger partial charge in [0, 0.05) is 6.42 Å². The number of hydrogen-bond acceptors (Lipinski definition) is 4. The molecule has 0 saturated heterocycles. The lowest BCUT2D eigenvalue weighted by Crippen LogP contribution is -2.42. The Kier molecular flexibility index (Phi) is 7.21. The highest BCUT2D eigenvalue weighted by molar-refractivity contribution is 5.85. The quantitative estimate of drug-likeness (QED) is 0.592. The van der Waals surface area contributed by atoms with Crippen LogP contribution < -0.4 is 5.32 Å². The van der Waals surface area contributed by atoms with E-state index in [9.17, 15) is 35.9 Å². The standard InChI is InChI=1S/C16H14F6N2O3/c1-27-14(26)12(3-2-4-23)24-13(25)7-9-5-10(15(17,18)19)8-11(6-9)16(20,21)22/h5-6,8,12H,2-3,7H2,1H3,(H,24,25)/t12-/m0/s1. The molecule has 1 aromatic rings. The van der Waals surface area contributed by atoms with Gasteiger partial charge >= 0.3 is 18.3 Å². The Bertz CT molecular complexity index is 705. The summed E-state index contributed by atoms with van der Waals surface area (Å²) in [5.41, 5.74) is -3.62. The van der Waals surface area contributed by atoms with E-state index in [0.29, 0.717) is 12.1 Å². The van der Waals surface area contributed by atoms with Crippen molar-refractivity contribution >= 4 is 11.9 Å². The molecule has 0 aliphatic carbocycles. The van der Waals surface area contributed by atoms with Crippen molar-refractivity contribution in [2.24, 2.45) is 0 Å². The highest BCUT2D eigenvalue weighted by Gasteiger charge is 2.37. The van der Waals surface area contributed by atoms with Crippen molar-refractivity contribution in [1.82, 2.24) is 5.32 Å². The molecule has 1 rings (SSSR count). The number of amides is 1. The number of ether oxygens (including phenoxy) is 1. The number of halogens is 6. The lowest BCUT2D eigenvalue weighted by molar-refractivity contribution is -0.145. The Morgan fingerprint density at radius 2 is 1.63 bits per heavy atom. The fourth-order valence-corrected chi connectivity index (χ4v) is 2.15. The summed E-state index contributed by atoms with van der Waals surface area (Å²) < 4.78 is 81.3. The van der Waals surface area contributed by atoms with E-state index in [-0.39, 0.29) is 18.9 Å². The van der Waals surface area contributed by atoms with Gasteiger partial charge in [0.15, 0.2) is 0 Å². The van der Waals surface area contributed by atoms with Gasteiger partial charge in [0.1, 0.15) is 6.04 Å². The van der Waals surface area contributed by atoms with Crippen LogP contribution in [0.1, 0.15) is 29.5 Å². The number of alkyl halides is 6. The molecule has 0 aliphatic rings. The zero-order chi connectivity index (χ0) is 20.8. The number of carbonyl (C=O) groups excluding carboxylic acids is 2. The number of methoxy groups -OCH3 is 1. The number of nitrogens with zero attached hydrogens (tertiary/aromatic N) is 1. The molecule has 0 aliphatic heterocycles. The minimum absolute atomic E-state index is 0.0500. The van der Waals surface area contributed by atoms with Gasteiger partial charge in [0.05, 0.1) is 30.7 Å². The van der Waals surface area contributed by atoms with Crippen LogP contribution in [0.5, 0.6) is 0 Å². The average molecular weight is 396 g/mol. The smallest absolute Gasteiger partial charge is 0.416 e. The number of nitriles is 1. The summed E-state index contributed by atoms with van der Waals surface area (Å²) in [6.07, 6.45) is -11.1. The van der Waals surface area contributed by atoms with Gasteiger partial charge in [0.2, 0.25) is 5.91 Å². The van der Waals surface area contributed by atoms with Crippen LogP contribution in [-0.4, -0.2) is 25.0 Å². The number of esters is 1. The molecule has 27 heavy (non-hydrogen) atoms. The van der Waals surface area contributed by atoms with E-state index in [1.807, 2.05) is 0 Å². The predicted octanol–water partition coefficient (Wildman–Crippen LogP) is 3.23. The normalized spacial score (nSPS) is 12.8. The third-order valence-electron chi connectivity index (χ3n) is 3.38. The summed E-state index contributed by atoms with van der Waals surface area (Å²) >= 11 is 0. The van der Waals surface area contributed by atoms with Crippen LogP contribution in [0.25, 0.3) is 0 Å². The summed E-state index contributed by atoms with van der Waals surface area (Å²) in [4.78, 5) is 23.5. The maximum atomic E-state index is 12.8. The molecule has 1 aromatic carbocycles. The summed E-state index contributed by atoms with van der Waals surface area (Å²) in [7, 11) is 1.02. The molecule has 1 amide bonds. The number of rotatable bonds is 6. The second-order valence-electron chi connectivity index (χ2n) is 5.43. The molecule has 5 nitrogen and oxygen atoms in total. The van der Waals surface area contributed by atoms with Crippen molar-refractivity contribution in [3.63, 3.8) is 0 Å². The second kappa shape index (κ2) is 8.75. The fraction of sp³-hybridized carbons (Fsp3) is 0.438. The summed E-state index contributed by atoms with van der Waals surface area (Å²) in [6.45, 7) is 0. The third-order valence-corrected chi connectivity index (χ3v) is 3.38. The molecule has 0 heterocycles. The van der Waals surface area contributed by atoms with E-state index in [2.05, 4.69) is 10.1 Å². The Balaban J connectivity index is 3.07. The number of hydrogen-bond donors (Lipinski definition) is 1. The molecule has 0 unspecified atom stereocenters. The van der Waals surface area contributed by atoms with Crippen LogP contribution in [-0.2, 0) is 33.1 Å². The highest BCUT2D eigenvalue weighted by atomic mass is 19.4. The zero-order valence-electron chi connectivity index (χ0n) is 13.9. The minimum atomic E-state index is -5.03. The number of benzene rings is 1. The van der Waals surface area contributed by atoms with E-state index in [1.165, 1.54) is 0 Å². The summed E-state index contributed by atoms with van der Waals surface area (Å²) in [5, 5.41) is 10.7. The first-order valence-electron chi connectivity index (χ1n) is 7.41. The van der Waals surface area contributed by atoms with Gasteiger partial charge in [-0.3, -0.25) is 4.79 Å². The van der Waals surface area contributed by atoms with E-state index >= 15 is 0 Å². The van der Waals surface area contributed by atoms with Crippen molar-refractivity contribution in [1.29, 1.82) is 5.26 Å². The molecular weight excluding hydrogens is 382 g/mol. The SMILES string of the molecule is COC(=O)[C@H](CCC#N)NC(=O)Cc1cc(C(F)(F)F)cc(C(F)(F)F)c1. The van der Waals surface area contributed by atoms with Crippen LogP contribution >= 0.6 is 0 Å². The lowest BCUT2D eigenvalue weighted by Gasteiger charge is -2.17. The van der Waals surface area contributed by atoms with Gasteiger partial charge in [0.25, 0.3) is 0 Å². The summed E-state index contributed by atoms with van der Waals surface area (Å²) in [5.74, 6) is -1.88. The molecular formula is C16H14F6N2O3. The van der Waals surface area contributed by atoms with E-state index < -0.39 is 53.4 Å². The molecule has 0 bridgehead atoms. The molecule has 0 saturated carbocycles. The monoisotopic (exact) mass is 396 g/mol. The number of carbonyl (C=O) groups is 2. The van der Waals surface area contributed by atoms with Crippen molar-refractivity contribution < 1.29 is 40.7 Å². The van der Waals surface area contributed by atoms with Crippen LogP contribution in [0.4, 0.5) is 26.3 Å². The molecule has 0 aromatic heterocycles. The minimum Gasteiger partial charge on any atom is -0.467 e. The van der Waals surface area contributed by atoms with Crippen LogP contribution in [0, 0.1) is 11.3 Å². The zero-order valence-corrected chi connectivity index (χ0v) is 13.9. The van der Waals surface area contributed by atoms with E-state index in [1.54, 1.807) is 6.07 Å². The van der Waals surface area contributed by atoms with Gasteiger partial charge in [-0.2, -0.15) is 31.6 Å². The van der Waals surface area contributed by atoms with Gasteiger partial charge in [-0.15, -0.1) is 0 Å². The first-order chi connectivity index (χ1) is 12.4. The van der Waals surface area contributed by atoms with Crippen molar-refractivity contribution in [2.75, 3.05) is 7.11 Å². The van der Waals surface area contributed by atoms with Crippen LogP contribution in [0.2, 0.25) is 0 Å². The van der Waals surface area contributed by atoms with Crippen molar-refractivity contribution in [3.8, 4) is 6.07 Å². The first kappa shape index (κ1) is 22.3. The highest BCUT2D eigenvalue weighted by Crippen LogP contribution is 2.36. The average Bonchev–Trinajstić information content (AvgIpc) is 2.55. The third kappa shape index (κ3) is 6.80. The molecule has 0 radical (unpaired) electrons. The molecule has 0 spiro atoms. The molecule has 11 heteroatoms. The maximum Gasteiger partial charge on any atom is 0.416 e. The van der Waals surface area contributed by atoms with Gasteiger partial charge < -0.3 is 10.1 Å². The Morgan fingerprint density at radius 1 is 1.11 bits per heavy atom. The van der Waals surface area contributed by atoms with E-state index in [4.69, 9.17) is 5.26 Å². The van der Waals surface area contributed by atoms with Crippen LogP contribution in [0.3, 0.4) is 0 Å². The van der Waals surface area contributed by atoms with Crippen molar-refractivity contribution in [2.45, 2.75) is 37.7 Å². The van der Waals surface area contributed by atoms with Crippen molar-refractivity contribution in [3.05, 3.63) is 34.9 Å². The Morgan fingerprint density at radius 3 is 2.04 bits per heavy atom. The number of nitrogens with one attached hydrogen (secondary N) is 1. The predicted molar refractivity (Wildman–Crippen MR) is 78.9 cm³/mol. The fourth-order valence-electron chi connectivity index (χ4n) is 2.15.